The summed E-state index contributed by atoms with van der Waals surface area (Å²) < 4.78 is 21.4. The van der Waals surface area contributed by atoms with Crippen molar-refractivity contribution in [3.8, 4) is 5.75 Å². The molecular formula is C58H72N12O15. The fraction of sp³-hybridized carbons (Fsp3) is 0.397. The molecule has 0 saturated carbocycles. The molecule has 6 rings (SSSR count). The van der Waals surface area contributed by atoms with Gasteiger partial charge in [-0.25, -0.2) is 24.0 Å². The summed E-state index contributed by atoms with van der Waals surface area (Å²) >= 11 is 0. The van der Waals surface area contributed by atoms with Gasteiger partial charge in [-0.1, -0.05) is 56.3 Å². The van der Waals surface area contributed by atoms with E-state index in [0.29, 0.717) is 17.0 Å². The zero-order valence-electron chi connectivity index (χ0n) is 48.0. The monoisotopic (exact) mass is 1180 g/mol. The van der Waals surface area contributed by atoms with Gasteiger partial charge in [0, 0.05) is 73.8 Å². The lowest BCUT2D eigenvalue weighted by Crippen LogP contribution is -2.54. The number of carbonyl (C=O) groups excluding carboxylic acids is 11. The number of rotatable bonds is 25. The predicted molar refractivity (Wildman–Crippen MR) is 307 cm³/mol. The number of methoxy groups -OCH3 is 1. The average molecular weight is 1180 g/mol. The van der Waals surface area contributed by atoms with Gasteiger partial charge in [0.1, 0.15) is 42.7 Å². The Hall–Kier alpha value is -9.95. The van der Waals surface area contributed by atoms with Gasteiger partial charge in [0.2, 0.25) is 23.6 Å². The molecule has 2 aliphatic heterocycles. The molecule has 0 aliphatic carbocycles. The summed E-state index contributed by atoms with van der Waals surface area (Å²) in [5.41, 5.74) is 8.84. The van der Waals surface area contributed by atoms with Gasteiger partial charge < -0.3 is 77.4 Å². The normalized spacial score (nSPS) is 14.3. The number of anilines is 2. The molecule has 85 heavy (non-hydrogen) atoms. The summed E-state index contributed by atoms with van der Waals surface area (Å²) in [5.74, 6) is -3.03. The van der Waals surface area contributed by atoms with Crippen LogP contribution in [0.4, 0.5) is 35.3 Å². The molecule has 13 amide bonds. The minimum Gasteiger partial charge on any atom is -0.489 e. The first-order chi connectivity index (χ1) is 40.4. The molecular weight excluding hydrogens is 1100 g/mol. The molecule has 1 saturated heterocycles. The minimum atomic E-state index is -1.20. The van der Waals surface area contributed by atoms with E-state index in [-0.39, 0.29) is 107 Å². The molecule has 27 heteroatoms. The second kappa shape index (κ2) is 30.4. The number of carbonyl (C=O) groups is 11. The Morgan fingerprint density at radius 1 is 0.706 bits per heavy atom. The second-order valence-corrected chi connectivity index (χ2v) is 21.2. The third-order valence-corrected chi connectivity index (χ3v) is 13.1. The molecule has 27 nitrogen and oxygen atoms in total. The number of ether oxygens (including phenoxy) is 4. The summed E-state index contributed by atoms with van der Waals surface area (Å²) in [6.07, 6.45) is -1.71. The van der Waals surface area contributed by atoms with Crippen LogP contribution in [0.5, 0.6) is 5.75 Å². The molecule has 1 fully saturated rings. The van der Waals surface area contributed by atoms with Crippen molar-refractivity contribution in [3.63, 3.8) is 0 Å². The topological polar surface area (TPSA) is 374 Å². The van der Waals surface area contributed by atoms with Crippen molar-refractivity contribution in [2.45, 2.75) is 117 Å². The summed E-state index contributed by atoms with van der Waals surface area (Å²) in [5, 5.41) is 26.0. The van der Waals surface area contributed by atoms with Crippen LogP contribution in [0.2, 0.25) is 0 Å². The Morgan fingerprint density at radius 2 is 1.39 bits per heavy atom. The number of nitrogens with zero attached hydrogens (tertiary/aromatic N) is 1. The van der Waals surface area contributed by atoms with Gasteiger partial charge >= 0.3 is 30.3 Å². The van der Waals surface area contributed by atoms with Crippen LogP contribution in [0, 0.1) is 5.92 Å². The number of primary amides is 1. The van der Waals surface area contributed by atoms with Crippen LogP contribution in [0.3, 0.4) is 0 Å². The zero-order chi connectivity index (χ0) is 61.8. The number of urea groups is 2. The van der Waals surface area contributed by atoms with Crippen molar-refractivity contribution in [3.05, 3.63) is 124 Å². The fourth-order valence-corrected chi connectivity index (χ4v) is 8.76. The number of benzene rings is 4. The number of fused-ring (bicyclic) bond motifs is 1. The lowest BCUT2D eigenvalue weighted by Gasteiger charge is -2.29. The van der Waals surface area contributed by atoms with E-state index >= 15 is 0 Å². The Bertz CT molecular complexity index is 3110. The Kier molecular flexibility index (Phi) is 23.0. The maximum absolute atomic E-state index is 13.8. The predicted octanol–water partition coefficient (Wildman–Crippen LogP) is 4.28. The molecule has 2 heterocycles. The first kappa shape index (κ1) is 64.2. The molecule has 1 unspecified atom stereocenters. The highest BCUT2D eigenvalue weighted by Crippen LogP contribution is 2.29. The second-order valence-electron chi connectivity index (χ2n) is 21.2. The summed E-state index contributed by atoms with van der Waals surface area (Å²) in [4.78, 5) is 141. The van der Waals surface area contributed by atoms with Crippen molar-refractivity contribution in [1.82, 2.24) is 47.4 Å². The molecule has 0 bridgehead atoms. The van der Waals surface area contributed by atoms with Crippen LogP contribution >= 0.6 is 0 Å². The molecule has 3 atom stereocenters. The fourth-order valence-electron chi connectivity index (χ4n) is 8.76. The lowest BCUT2D eigenvalue weighted by atomic mass is 10.0. The number of piperidine rings is 1. The molecule has 12 N–H and O–H groups in total. The summed E-state index contributed by atoms with van der Waals surface area (Å²) in [7, 11) is 1.14. The number of imide groups is 1. The lowest BCUT2D eigenvalue weighted by molar-refractivity contribution is -0.137. The average Bonchev–Trinajstić information content (AvgIpc) is 2.97. The van der Waals surface area contributed by atoms with Gasteiger partial charge in [-0.15, -0.1) is 0 Å². The van der Waals surface area contributed by atoms with Gasteiger partial charge in [-0.2, -0.15) is 0 Å². The molecule has 0 radical (unpaired) electrons. The molecule has 2 aliphatic rings. The molecule has 0 spiro atoms. The van der Waals surface area contributed by atoms with Gasteiger partial charge in [0.15, 0.2) is 0 Å². The number of alkyl carbamates (subject to hydrolysis) is 3. The van der Waals surface area contributed by atoms with Crippen molar-refractivity contribution in [1.29, 1.82) is 0 Å². The minimum absolute atomic E-state index is 0.00121. The Labute approximate surface area is 490 Å². The molecule has 454 valence electrons. The SMILES string of the molecule is COC(=O)N[C@H](C(=O)N[C@@H](CCCNC(N)=O)C(=O)Nc1ccc(COC(=O)NCc2ccc(COc3ccc(NC(=O)NCc4ccc5c(c4)CN(C4CCC(=O)NC4=O)C5=O)cc3)cc2)c(C(=O)NCCNC(=O)OC(C)(C)C)c1)C(C)C. The van der Waals surface area contributed by atoms with E-state index in [2.05, 4.69) is 57.9 Å². The van der Waals surface area contributed by atoms with E-state index in [4.69, 9.17) is 19.9 Å². The largest absolute Gasteiger partial charge is 0.489 e. The van der Waals surface area contributed by atoms with Gasteiger partial charge in [-0.05, 0) is 111 Å². The van der Waals surface area contributed by atoms with Crippen LogP contribution in [0.1, 0.15) is 109 Å². The van der Waals surface area contributed by atoms with E-state index in [1.807, 2.05) is 18.2 Å². The zero-order valence-corrected chi connectivity index (χ0v) is 48.0. The number of nitrogens with two attached hydrogens (primary N) is 1. The third-order valence-electron chi connectivity index (χ3n) is 13.1. The van der Waals surface area contributed by atoms with Crippen LogP contribution in [0.15, 0.2) is 84.9 Å². The van der Waals surface area contributed by atoms with Gasteiger partial charge in [-0.3, -0.25) is 34.1 Å². The highest BCUT2D eigenvalue weighted by Gasteiger charge is 2.39. The van der Waals surface area contributed by atoms with Crippen LogP contribution in [0.25, 0.3) is 0 Å². The first-order valence-electron chi connectivity index (χ1n) is 27.3. The van der Waals surface area contributed by atoms with Gasteiger partial charge in [0.05, 0.1) is 7.11 Å². The molecule has 0 aromatic heterocycles. The smallest absolute Gasteiger partial charge is 0.407 e. The van der Waals surface area contributed by atoms with E-state index in [0.717, 1.165) is 29.4 Å². The summed E-state index contributed by atoms with van der Waals surface area (Å²) in [6.45, 7) is 8.82. The highest BCUT2D eigenvalue weighted by molar-refractivity contribution is 6.05. The molecule has 4 aromatic carbocycles. The molecule has 4 aromatic rings. The number of nitrogens with one attached hydrogen (secondary N) is 10. The number of hydrogen-bond donors (Lipinski definition) is 11. The van der Waals surface area contributed by atoms with Crippen LogP contribution < -0.4 is 63.6 Å². The van der Waals surface area contributed by atoms with E-state index in [1.54, 1.807) is 83.1 Å². The summed E-state index contributed by atoms with van der Waals surface area (Å²) in [6, 6.07) is 19.3. The van der Waals surface area contributed by atoms with E-state index < -0.39 is 83.6 Å². The quantitative estimate of drug-likeness (QED) is 0.0251. The highest BCUT2D eigenvalue weighted by atomic mass is 16.6. The van der Waals surface area contributed by atoms with Crippen LogP contribution in [-0.4, -0.2) is 121 Å². The van der Waals surface area contributed by atoms with E-state index in [1.165, 1.54) is 23.1 Å². The van der Waals surface area contributed by atoms with Crippen molar-refractivity contribution < 1.29 is 71.7 Å². The van der Waals surface area contributed by atoms with Crippen LogP contribution in [-0.2, 0) is 66.2 Å². The van der Waals surface area contributed by atoms with E-state index in [9.17, 15) is 52.7 Å². The third kappa shape index (κ3) is 20.2. The standard InChI is InChI=1S/C58H72N12O15/c1-33(2)47(69-57(81)82-6)51(75)67-44(8-7-23-61-53(59)77)49(73)65-40-15-14-37(43(27-40)48(72)60-24-25-62-56(80)85-58(3,4)5)32-84-55(79)64-28-34-9-11-35(12-10-34)31-83-41-18-16-39(17-19-41)66-54(78)63-29-36-13-20-42-38(26-36)30-70(52(42)76)45-21-22-46(71)68-50(45)74/h9-20,26-27,33,44-45,47H,7-8,21-25,28-32H2,1-6H3,(H,60,72)(H,62,80)(H,64,79)(H,65,73)(H,67,75)(H,69,81)(H3,59,61,77)(H2,63,66,78)(H,68,71,74)/t44-,45?,47-/m0/s1. The Morgan fingerprint density at radius 3 is 2.07 bits per heavy atom. The maximum Gasteiger partial charge on any atom is 0.407 e. The number of amides is 13. The maximum atomic E-state index is 13.8. The van der Waals surface area contributed by atoms with Crippen molar-refractivity contribution in [2.24, 2.45) is 11.7 Å². The first-order valence-corrected chi connectivity index (χ1v) is 27.3. The van der Waals surface area contributed by atoms with Gasteiger partial charge in [0.25, 0.3) is 11.8 Å². The number of hydrogen-bond acceptors (Lipinski definition) is 15. The van der Waals surface area contributed by atoms with Crippen molar-refractivity contribution >= 4 is 77.2 Å². The Balaban J connectivity index is 0.987. The van der Waals surface area contributed by atoms with Crippen molar-refractivity contribution in [2.75, 3.05) is 37.4 Å².